The van der Waals surface area contributed by atoms with E-state index >= 15 is 0 Å². The lowest BCUT2D eigenvalue weighted by molar-refractivity contribution is -0.170. The van der Waals surface area contributed by atoms with E-state index in [-0.39, 0.29) is 47.3 Å². The Morgan fingerprint density at radius 1 is 0.840 bits per heavy atom. The van der Waals surface area contributed by atoms with E-state index in [1.54, 1.807) is 12.1 Å². The highest BCUT2D eigenvalue weighted by Crippen LogP contribution is 2.67. The lowest BCUT2D eigenvalue weighted by Gasteiger charge is -2.58. The van der Waals surface area contributed by atoms with Crippen molar-refractivity contribution in [1.29, 1.82) is 0 Å². The van der Waals surface area contributed by atoms with Crippen LogP contribution in [-0.4, -0.2) is 64.3 Å². The van der Waals surface area contributed by atoms with E-state index in [0.29, 0.717) is 63.5 Å². The lowest BCUT2D eigenvalue weighted by atomic mass is 9.46. The Morgan fingerprint density at radius 3 is 2.30 bits per heavy atom. The predicted octanol–water partition coefficient (Wildman–Crippen LogP) is 4.83. The van der Waals surface area contributed by atoms with Crippen LogP contribution in [0.15, 0.2) is 35.9 Å². The molecule has 3 saturated carbocycles. The third kappa shape index (κ3) is 7.87. The van der Waals surface area contributed by atoms with Crippen molar-refractivity contribution < 1.29 is 43.7 Å². The number of aromatic carboxylic acids is 1. The van der Waals surface area contributed by atoms with Gasteiger partial charge in [0.15, 0.2) is 12.4 Å². The fraction of sp³-hybridized carbons (Fsp3) is 0.641. The van der Waals surface area contributed by atoms with Gasteiger partial charge < -0.3 is 25.6 Å². The summed E-state index contributed by atoms with van der Waals surface area (Å²) in [5, 5.41) is 26.4. The minimum absolute atomic E-state index is 0.00594. The van der Waals surface area contributed by atoms with Crippen molar-refractivity contribution in [2.45, 2.75) is 116 Å². The number of nitrogens with one attached hydrogen (secondary N) is 2. The van der Waals surface area contributed by atoms with Crippen LogP contribution in [0.3, 0.4) is 0 Å². The van der Waals surface area contributed by atoms with Gasteiger partial charge >= 0.3 is 11.9 Å². The molecule has 4 aliphatic rings. The summed E-state index contributed by atoms with van der Waals surface area (Å²) < 4.78 is 5.27. The second-order valence-electron chi connectivity index (χ2n) is 15.3. The fourth-order valence-electron chi connectivity index (χ4n) is 9.54. The van der Waals surface area contributed by atoms with Crippen molar-refractivity contribution in [3.05, 3.63) is 47.0 Å². The third-order valence-corrected chi connectivity index (χ3v) is 12.6. The van der Waals surface area contributed by atoms with E-state index in [2.05, 4.69) is 17.6 Å². The van der Waals surface area contributed by atoms with Gasteiger partial charge in [-0.2, -0.15) is 0 Å². The molecule has 11 nitrogen and oxygen atoms in total. The highest BCUT2D eigenvalue weighted by atomic mass is 16.5. The molecule has 0 spiro atoms. The van der Waals surface area contributed by atoms with Crippen LogP contribution in [0.5, 0.6) is 0 Å². The number of hydrogen-bond acceptors (Lipinski definition) is 8. The van der Waals surface area contributed by atoms with Gasteiger partial charge in [-0.25, -0.2) is 4.79 Å². The Bertz CT molecular complexity index is 1520. The number of carboxylic acid groups (broad SMARTS) is 1. The van der Waals surface area contributed by atoms with Crippen molar-refractivity contribution in [3.63, 3.8) is 0 Å². The van der Waals surface area contributed by atoms with E-state index in [1.807, 2.05) is 13.0 Å². The number of fused-ring (bicyclic) bond motifs is 5. The van der Waals surface area contributed by atoms with Gasteiger partial charge in [-0.15, -0.1) is 0 Å². The Labute approximate surface area is 294 Å². The van der Waals surface area contributed by atoms with Gasteiger partial charge in [-0.05, 0) is 105 Å². The number of carbonyl (C=O) groups is 6. The second kappa shape index (κ2) is 15.6. The fourth-order valence-corrected chi connectivity index (χ4v) is 9.54. The van der Waals surface area contributed by atoms with Crippen LogP contribution in [-0.2, 0) is 35.3 Å². The van der Waals surface area contributed by atoms with Crippen LogP contribution in [0, 0.1) is 28.6 Å². The zero-order valence-corrected chi connectivity index (χ0v) is 29.4. The van der Waals surface area contributed by atoms with Crippen molar-refractivity contribution in [1.82, 2.24) is 10.6 Å². The molecule has 0 saturated heterocycles. The summed E-state index contributed by atoms with van der Waals surface area (Å²) in [4.78, 5) is 73.3. The van der Waals surface area contributed by atoms with E-state index in [1.165, 1.54) is 17.7 Å². The highest BCUT2D eigenvalue weighted by Gasteiger charge is 2.66. The molecule has 0 bridgehead atoms. The summed E-state index contributed by atoms with van der Waals surface area (Å²) in [6, 6.07) is 6.32. The van der Waals surface area contributed by atoms with Gasteiger partial charge in [-0.1, -0.05) is 38.0 Å². The molecule has 6 atom stereocenters. The maximum Gasteiger partial charge on any atom is 0.335 e. The smallest absolute Gasteiger partial charge is 0.335 e. The number of hydrogen-bond donors (Lipinski definition) is 4. The number of aliphatic hydroxyl groups is 1. The van der Waals surface area contributed by atoms with Crippen LogP contribution in [0.25, 0.3) is 0 Å². The molecule has 4 N–H and O–H groups in total. The molecule has 0 aliphatic heterocycles. The van der Waals surface area contributed by atoms with E-state index in [9.17, 15) is 33.9 Å². The third-order valence-electron chi connectivity index (χ3n) is 12.6. The van der Waals surface area contributed by atoms with Crippen LogP contribution in [0.4, 0.5) is 0 Å². The number of rotatable bonds is 15. The molecule has 11 heteroatoms. The Morgan fingerprint density at radius 2 is 1.56 bits per heavy atom. The predicted molar refractivity (Wildman–Crippen MR) is 184 cm³/mol. The van der Waals surface area contributed by atoms with Crippen molar-refractivity contribution in [3.8, 4) is 0 Å². The molecule has 50 heavy (non-hydrogen) atoms. The molecule has 0 aromatic heterocycles. The zero-order valence-electron chi connectivity index (χ0n) is 29.4. The molecule has 3 fully saturated rings. The molecule has 5 rings (SSSR count). The van der Waals surface area contributed by atoms with Gasteiger partial charge in [0.2, 0.25) is 17.6 Å². The largest absolute Gasteiger partial charge is 0.478 e. The summed E-state index contributed by atoms with van der Waals surface area (Å²) in [5.41, 5.74) is 0.130. The molecule has 1 aromatic carbocycles. The average molecular weight is 693 g/mol. The standard InChI is InChI=1S/C39H52N2O9/c1-37-18-15-28(42)22-27(37)11-12-29-30(37)16-19-38(2)31(29)17-20-39(38,49)32(43)24-50-35(46)14-13-34(45)40-21-5-3-4-6-33(44)41-23-25-7-9-26(10-8-25)36(47)48/h7-10,22,29-31,49H,3-6,11-21,23-24H2,1-2H3,(H,40,45)(H,41,44)(H,47,48)/t29-,30+,31+,37-,38+,39-/m0/s1. The summed E-state index contributed by atoms with van der Waals surface area (Å²) in [6.45, 7) is 4.55. The minimum Gasteiger partial charge on any atom is -0.478 e. The van der Waals surface area contributed by atoms with Gasteiger partial charge in [0.1, 0.15) is 5.60 Å². The van der Waals surface area contributed by atoms with Gasteiger partial charge in [0.25, 0.3) is 0 Å². The van der Waals surface area contributed by atoms with Crippen LogP contribution in [0.2, 0.25) is 0 Å². The first-order valence-corrected chi connectivity index (χ1v) is 18.3. The van der Waals surface area contributed by atoms with E-state index in [4.69, 9.17) is 9.84 Å². The van der Waals surface area contributed by atoms with Crippen LogP contribution < -0.4 is 10.6 Å². The van der Waals surface area contributed by atoms with E-state index < -0.39 is 35.3 Å². The minimum atomic E-state index is -1.56. The van der Waals surface area contributed by atoms with Gasteiger partial charge in [-0.3, -0.25) is 24.0 Å². The molecule has 272 valence electrons. The number of esters is 1. The Balaban J connectivity index is 0.959. The van der Waals surface area contributed by atoms with Crippen molar-refractivity contribution in [2.75, 3.05) is 13.2 Å². The van der Waals surface area contributed by atoms with E-state index in [0.717, 1.165) is 44.1 Å². The molecule has 4 aliphatic carbocycles. The summed E-state index contributed by atoms with van der Waals surface area (Å²) in [6.07, 6.45) is 10.0. The van der Waals surface area contributed by atoms with Crippen molar-refractivity contribution >= 4 is 35.3 Å². The van der Waals surface area contributed by atoms with Gasteiger partial charge in [0, 0.05) is 37.8 Å². The molecule has 2 amide bonds. The Kier molecular flexibility index (Phi) is 11.7. The molecular formula is C39H52N2O9. The summed E-state index contributed by atoms with van der Waals surface area (Å²) >= 11 is 0. The number of unbranched alkanes of at least 4 members (excludes halogenated alkanes) is 2. The number of Topliss-reactive ketones (excluding diaryl/α,β-unsaturated/α-hetero) is 1. The van der Waals surface area contributed by atoms with Crippen molar-refractivity contribution in [2.24, 2.45) is 28.6 Å². The number of amides is 2. The first-order chi connectivity index (χ1) is 23.8. The topological polar surface area (TPSA) is 176 Å². The molecular weight excluding hydrogens is 640 g/mol. The van der Waals surface area contributed by atoms with Gasteiger partial charge in [0.05, 0.1) is 12.0 Å². The summed E-state index contributed by atoms with van der Waals surface area (Å²) in [7, 11) is 0. The molecule has 0 radical (unpaired) electrons. The number of carboxylic acids is 1. The zero-order chi connectivity index (χ0) is 36.1. The SMILES string of the molecule is C[C@]12CCC(=O)C=C1CC[C@H]1[C@H]2CC[C@]2(C)[C@@H]1CC[C@]2(O)C(=O)COC(=O)CCC(=O)NCCCCCC(=O)NCc1ccc(C(=O)O)cc1. The lowest BCUT2D eigenvalue weighted by Crippen LogP contribution is -2.58. The number of allylic oxidation sites excluding steroid dienone is 1. The van der Waals surface area contributed by atoms with Crippen LogP contribution in [0.1, 0.15) is 120 Å². The maximum absolute atomic E-state index is 13.5. The summed E-state index contributed by atoms with van der Waals surface area (Å²) in [5.74, 6) is -1.29. The second-order valence-corrected chi connectivity index (χ2v) is 15.3. The normalized spacial score (nSPS) is 29.9. The number of benzene rings is 1. The number of carbonyl (C=O) groups excluding carboxylic acids is 5. The Hall–Kier alpha value is -3.86. The molecule has 1 aromatic rings. The first-order valence-electron chi connectivity index (χ1n) is 18.3. The highest BCUT2D eigenvalue weighted by molar-refractivity contribution is 5.92. The average Bonchev–Trinajstić information content (AvgIpc) is 3.38. The quantitative estimate of drug-likeness (QED) is 0.148. The number of ketones is 2. The molecule has 0 unspecified atom stereocenters. The van der Waals surface area contributed by atoms with Crippen LogP contribution >= 0.6 is 0 Å². The maximum atomic E-state index is 13.5. The molecule has 0 heterocycles. The number of ether oxygens (including phenoxy) is 1. The monoisotopic (exact) mass is 692 g/mol. The first kappa shape index (κ1) is 37.4.